The van der Waals surface area contributed by atoms with Gasteiger partial charge in [-0.3, -0.25) is 4.79 Å². The van der Waals surface area contributed by atoms with Crippen molar-refractivity contribution in [1.82, 2.24) is 9.80 Å². The molecule has 0 radical (unpaired) electrons. The van der Waals surface area contributed by atoms with Gasteiger partial charge in [0.15, 0.2) is 0 Å². The fourth-order valence-corrected chi connectivity index (χ4v) is 4.83. The van der Waals surface area contributed by atoms with Gasteiger partial charge in [0, 0.05) is 18.1 Å². The van der Waals surface area contributed by atoms with Crippen molar-refractivity contribution in [3.05, 3.63) is 68.2 Å². The smallest absolute Gasteiger partial charge is 0.227 e. The number of amides is 1. The van der Waals surface area contributed by atoms with Gasteiger partial charge in [-0.05, 0) is 73.3 Å². The van der Waals surface area contributed by atoms with E-state index in [1.165, 1.54) is 24.0 Å². The quantitative estimate of drug-likeness (QED) is 0.557. The van der Waals surface area contributed by atoms with Crippen LogP contribution in [0.2, 0.25) is 15.1 Å². The highest BCUT2D eigenvalue weighted by Crippen LogP contribution is 2.33. The molecule has 2 aliphatic rings. The van der Waals surface area contributed by atoms with Gasteiger partial charge in [-0.25, -0.2) is 0 Å². The zero-order valence-electron chi connectivity index (χ0n) is 16.0. The minimum absolute atomic E-state index is 0. The fourth-order valence-electron chi connectivity index (χ4n) is 4.31. The third kappa shape index (κ3) is 5.21. The predicted octanol–water partition coefficient (Wildman–Crippen LogP) is 5.83. The van der Waals surface area contributed by atoms with Crippen LogP contribution in [0.4, 0.5) is 0 Å². The van der Waals surface area contributed by atoms with Crippen molar-refractivity contribution in [3.63, 3.8) is 0 Å². The van der Waals surface area contributed by atoms with Crippen LogP contribution in [0.1, 0.15) is 35.6 Å². The molecule has 156 valence electrons. The van der Waals surface area contributed by atoms with E-state index in [2.05, 4.69) is 17.0 Å². The number of hydrogen-bond donors (Lipinski definition) is 0. The van der Waals surface area contributed by atoms with Gasteiger partial charge in [0.25, 0.3) is 0 Å². The first-order chi connectivity index (χ1) is 13.5. The summed E-state index contributed by atoms with van der Waals surface area (Å²) in [5.74, 6) is 0.128. The Hall–Kier alpha value is -0.970. The lowest BCUT2D eigenvalue weighted by molar-refractivity contribution is -0.133. The van der Waals surface area contributed by atoms with Crippen LogP contribution in [-0.4, -0.2) is 41.9 Å². The first-order valence-corrected chi connectivity index (χ1v) is 10.9. The van der Waals surface area contributed by atoms with Crippen molar-refractivity contribution in [3.8, 4) is 0 Å². The second-order valence-electron chi connectivity index (χ2n) is 7.63. The second kappa shape index (κ2) is 9.89. The number of carbonyl (C=O) groups is 1. The zero-order chi connectivity index (χ0) is 19.7. The maximum Gasteiger partial charge on any atom is 0.227 e. The number of nitrogens with zero attached hydrogens (tertiary/aromatic N) is 2. The van der Waals surface area contributed by atoms with Crippen LogP contribution in [0.5, 0.6) is 0 Å². The van der Waals surface area contributed by atoms with Crippen molar-refractivity contribution in [2.75, 3.05) is 26.2 Å². The highest BCUT2D eigenvalue weighted by Gasteiger charge is 2.32. The number of halogens is 4. The number of rotatable bonds is 4. The molecule has 1 unspecified atom stereocenters. The van der Waals surface area contributed by atoms with E-state index in [-0.39, 0.29) is 24.4 Å². The Morgan fingerprint density at radius 2 is 1.72 bits per heavy atom. The van der Waals surface area contributed by atoms with Gasteiger partial charge in [0.1, 0.15) is 0 Å². The summed E-state index contributed by atoms with van der Waals surface area (Å²) in [6.45, 7) is 3.80. The van der Waals surface area contributed by atoms with Gasteiger partial charge in [-0.15, -0.1) is 12.4 Å². The molecule has 1 saturated heterocycles. The molecule has 0 N–H and O–H groups in total. The largest absolute Gasteiger partial charge is 0.334 e. The van der Waals surface area contributed by atoms with Crippen molar-refractivity contribution in [1.29, 1.82) is 0 Å². The molecular formula is C22H24Cl4N2O. The molecule has 2 aromatic rings. The lowest BCUT2D eigenvalue weighted by Crippen LogP contribution is -2.45. The third-order valence-corrected chi connectivity index (χ3v) is 6.73. The molecular weight excluding hydrogens is 450 g/mol. The maximum absolute atomic E-state index is 13.2. The standard InChI is InChI=1S/C22H23Cl3N2O.ClH/c23-17-4-5-18-16(13-17)7-10-27(21(18)14-26-8-1-2-9-26)22(28)12-15-3-6-19(24)20(25)11-15;/h3-6,11,13,21H,1-2,7-10,12,14H2;1H. The molecule has 0 spiro atoms. The molecule has 4 rings (SSSR count). The van der Waals surface area contributed by atoms with Crippen LogP contribution in [0.15, 0.2) is 36.4 Å². The molecule has 1 atom stereocenters. The van der Waals surface area contributed by atoms with Gasteiger partial charge < -0.3 is 9.80 Å². The van der Waals surface area contributed by atoms with Crippen LogP contribution in [0.25, 0.3) is 0 Å². The van der Waals surface area contributed by atoms with E-state index in [4.69, 9.17) is 34.8 Å². The monoisotopic (exact) mass is 472 g/mol. The Bertz CT molecular complexity index is 883. The highest BCUT2D eigenvalue weighted by molar-refractivity contribution is 6.42. The molecule has 0 aromatic heterocycles. The van der Waals surface area contributed by atoms with Gasteiger partial charge in [-0.1, -0.05) is 46.9 Å². The number of likely N-dealkylation sites (tertiary alicyclic amines) is 1. The maximum atomic E-state index is 13.2. The van der Waals surface area contributed by atoms with Crippen molar-refractivity contribution < 1.29 is 4.79 Å². The SMILES string of the molecule is Cl.O=C(Cc1ccc(Cl)c(Cl)c1)N1CCc2cc(Cl)ccc2C1CN1CCCC1. The Morgan fingerprint density at radius 1 is 0.966 bits per heavy atom. The summed E-state index contributed by atoms with van der Waals surface area (Å²) in [6, 6.07) is 11.6. The van der Waals surface area contributed by atoms with Crippen molar-refractivity contribution in [2.45, 2.75) is 31.7 Å². The molecule has 7 heteroatoms. The minimum atomic E-state index is 0. The zero-order valence-corrected chi connectivity index (χ0v) is 19.1. The summed E-state index contributed by atoms with van der Waals surface area (Å²) in [4.78, 5) is 17.7. The lowest BCUT2D eigenvalue weighted by atomic mass is 9.91. The molecule has 2 aliphatic heterocycles. The molecule has 1 fully saturated rings. The number of hydrogen-bond acceptors (Lipinski definition) is 2. The third-order valence-electron chi connectivity index (χ3n) is 5.75. The van der Waals surface area contributed by atoms with Crippen molar-refractivity contribution in [2.24, 2.45) is 0 Å². The number of carbonyl (C=O) groups excluding carboxylic acids is 1. The first kappa shape index (κ1) is 22.7. The summed E-state index contributed by atoms with van der Waals surface area (Å²) >= 11 is 18.4. The summed E-state index contributed by atoms with van der Waals surface area (Å²) < 4.78 is 0. The van der Waals surface area contributed by atoms with E-state index < -0.39 is 0 Å². The molecule has 2 heterocycles. The van der Waals surface area contributed by atoms with Crippen LogP contribution in [-0.2, 0) is 17.6 Å². The molecule has 0 bridgehead atoms. The molecule has 0 aliphatic carbocycles. The van der Waals surface area contributed by atoms with Gasteiger partial charge in [0.2, 0.25) is 5.91 Å². The summed E-state index contributed by atoms with van der Waals surface area (Å²) in [5.41, 5.74) is 3.38. The topological polar surface area (TPSA) is 23.6 Å². The summed E-state index contributed by atoms with van der Waals surface area (Å²) in [5, 5.41) is 1.75. The molecule has 3 nitrogen and oxygen atoms in total. The van der Waals surface area contributed by atoms with Gasteiger partial charge in [0.05, 0.1) is 22.5 Å². The molecule has 2 aromatic carbocycles. The fraction of sp³-hybridized carbons (Fsp3) is 0.409. The highest BCUT2D eigenvalue weighted by atomic mass is 35.5. The number of benzene rings is 2. The van der Waals surface area contributed by atoms with Crippen LogP contribution in [0.3, 0.4) is 0 Å². The average Bonchev–Trinajstić information content (AvgIpc) is 3.18. The first-order valence-electron chi connectivity index (χ1n) is 9.75. The Labute approximate surface area is 193 Å². The van der Waals surface area contributed by atoms with Crippen LogP contribution in [0, 0.1) is 0 Å². The Morgan fingerprint density at radius 3 is 2.45 bits per heavy atom. The lowest BCUT2D eigenvalue weighted by Gasteiger charge is -2.39. The molecule has 29 heavy (non-hydrogen) atoms. The summed E-state index contributed by atoms with van der Waals surface area (Å²) in [6.07, 6.45) is 3.63. The predicted molar refractivity (Wildman–Crippen MR) is 123 cm³/mol. The van der Waals surface area contributed by atoms with E-state index in [0.717, 1.165) is 36.6 Å². The molecule has 1 amide bonds. The van der Waals surface area contributed by atoms with E-state index in [9.17, 15) is 4.79 Å². The van der Waals surface area contributed by atoms with Crippen LogP contribution >= 0.6 is 47.2 Å². The average molecular weight is 474 g/mol. The Balaban J connectivity index is 0.00000240. The normalized spacial score (nSPS) is 19.0. The van der Waals surface area contributed by atoms with Gasteiger partial charge >= 0.3 is 0 Å². The van der Waals surface area contributed by atoms with Gasteiger partial charge in [-0.2, -0.15) is 0 Å². The van der Waals surface area contributed by atoms with E-state index in [1.54, 1.807) is 12.1 Å². The van der Waals surface area contributed by atoms with E-state index >= 15 is 0 Å². The van der Waals surface area contributed by atoms with E-state index in [0.29, 0.717) is 23.0 Å². The Kier molecular flexibility index (Phi) is 7.75. The van der Waals surface area contributed by atoms with Crippen molar-refractivity contribution >= 4 is 53.1 Å². The second-order valence-corrected chi connectivity index (χ2v) is 8.88. The summed E-state index contributed by atoms with van der Waals surface area (Å²) in [7, 11) is 0. The van der Waals surface area contributed by atoms with Crippen LogP contribution < -0.4 is 0 Å². The minimum Gasteiger partial charge on any atom is -0.334 e. The number of fused-ring (bicyclic) bond motifs is 1. The molecule has 0 saturated carbocycles. The van der Waals surface area contributed by atoms with E-state index in [1.807, 2.05) is 17.0 Å².